The molecule has 16 heavy (non-hydrogen) atoms. The van der Waals surface area contributed by atoms with E-state index in [-0.39, 0.29) is 25.7 Å². The summed E-state index contributed by atoms with van der Waals surface area (Å²) in [5.41, 5.74) is 0. The van der Waals surface area contributed by atoms with Crippen LogP contribution in [0.1, 0.15) is 25.7 Å². The zero-order valence-corrected chi connectivity index (χ0v) is 8.51. The van der Waals surface area contributed by atoms with E-state index >= 15 is 0 Å². The first kappa shape index (κ1) is 14.1. The Hall–Kier alpha value is -1.92. The van der Waals surface area contributed by atoms with Crippen molar-refractivity contribution in [1.82, 2.24) is 5.32 Å². The van der Waals surface area contributed by atoms with Crippen molar-refractivity contribution in [2.75, 3.05) is 0 Å². The number of carbonyl (C=O) groups excluding carboxylic acids is 2. The van der Waals surface area contributed by atoms with Gasteiger partial charge in [0.05, 0.1) is 6.42 Å². The molecule has 0 aliphatic rings. The van der Waals surface area contributed by atoms with E-state index in [1.54, 1.807) is 0 Å². The molecule has 0 radical (unpaired) electrons. The molecule has 0 aliphatic heterocycles. The van der Waals surface area contributed by atoms with Crippen LogP contribution in [0.25, 0.3) is 0 Å². The van der Waals surface area contributed by atoms with Gasteiger partial charge in [0.15, 0.2) is 0 Å². The highest BCUT2D eigenvalue weighted by Gasteiger charge is 2.19. The summed E-state index contributed by atoms with van der Waals surface area (Å²) in [5.74, 6) is -3.03. The fourth-order valence-electron chi connectivity index (χ4n) is 0.979. The molecule has 0 aromatic heterocycles. The Balaban J connectivity index is 4.07. The molecule has 1 atom stereocenters. The maximum Gasteiger partial charge on any atom is 0.326 e. The fraction of sp³-hybridized carbons (Fsp3) is 0.556. The molecule has 7 heteroatoms. The van der Waals surface area contributed by atoms with Crippen molar-refractivity contribution in [3.63, 3.8) is 0 Å². The predicted octanol–water partition coefficient (Wildman–Crippen LogP) is -0.600. The van der Waals surface area contributed by atoms with Crippen LogP contribution in [0, 0.1) is 0 Å². The second-order valence-corrected chi connectivity index (χ2v) is 3.10. The number of aliphatic carboxylic acids is 2. The lowest BCUT2D eigenvalue weighted by atomic mass is 10.1. The van der Waals surface area contributed by atoms with Gasteiger partial charge in [-0.1, -0.05) is 0 Å². The minimum atomic E-state index is -1.24. The second-order valence-electron chi connectivity index (χ2n) is 3.10. The van der Waals surface area contributed by atoms with Gasteiger partial charge in [-0.25, -0.2) is 4.79 Å². The van der Waals surface area contributed by atoms with Crippen LogP contribution in [0.4, 0.5) is 0 Å². The summed E-state index contributed by atoms with van der Waals surface area (Å²) in [6, 6.07) is -1.15. The standard InChI is InChI=1S/C9H13NO6/c11-5-1-2-6(9(15)16)10-7(12)3-4-8(13)14/h5-6H,1-4H2,(H,10,12)(H,13,14)(H,15,16). The number of hydrogen-bond acceptors (Lipinski definition) is 4. The highest BCUT2D eigenvalue weighted by Crippen LogP contribution is 1.98. The molecular weight excluding hydrogens is 218 g/mol. The highest BCUT2D eigenvalue weighted by atomic mass is 16.4. The number of aldehydes is 1. The van der Waals surface area contributed by atoms with Gasteiger partial charge in [-0.05, 0) is 6.42 Å². The van der Waals surface area contributed by atoms with Crippen molar-refractivity contribution < 1.29 is 29.4 Å². The maximum atomic E-state index is 11.1. The Morgan fingerprint density at radius 1 is 1.19 bits per heavy atom. The van der Waals surface area contributed by atoms with Crippen LogP contribution in [0.15, 0.2) is 0 Å². The van der Waals surface area contributed by atoms with Gasteiger partial charge in [-0.3, -0.25) is 9.59 Å². The summed E-state index contributed by atoms with van der Waals surface area (Å²) in [4.78, 5) is 41.9. The van der Waals surface area contributed by atoms with Gasteiger partial charge < -0.3 is 20.3 Å². The number of nitrogens with one attached hydrogen (secondary N) is 1. The van der Waals surface area contributed by atoms with Gasteiger partial charge in [0.25, 0.3) is 0 Å². The van der Waals surface area contributed by atoms with E-state index in [1.807, 2.05) is 0 Å². The number of hydrogen-bond donors (Lipinski definition) is 3. The molecule has 0 bridgehead atoms. The monoisotopic (exact) mass is 231 g/mol. The van der Waals surface area contributed by atoms with Crippen LogP contribution in [-0.2, 0) is 19.2 Å². The molecule has 0 aliphatic carbocycles. The van der Waals surface area contributed by atoms with Crippen LogP contribution in [0.3, 0.4) is 0 Å². The van der Waals surface area contributed by atoms with Gasteiger partial charge >= 0.3 is 11.9 Å². The second kappa shape index (κ2) is 7.38. The summed E-state index contributed by atoms with van der Waals surface area (Å²) < 4.78 is 0. The molecule has 0 saturated heterocycles. The van der Waals surface area contributed by atoms with Gasteiger partial charge in [0.1, 0.15) is 12.3 Å². The first-order chi connectivity index (χ1) is 7.47. The molecule has 90 valence electrons. The number of carbonyl (C=O) groups is 4. The Bertz CT molecular complexity index is 288. The minimum Gasteiger partial charge on any atom is -0.481 e. The molecule has 1 amide bonds. The van der Waals surface area contributed by atoms with Crippen LogP contribution in [0.2, 0.25) is 0 Å². The fourth-order valence-corrected chi connectivity index (χ4v) is 0.979. The zero-order chi connectivity index (χ0) is 12.6. The van der Waals surface area contributed by atoms with Crippen molar-refractivity contribution in [3.8, 4) is 0 Å². The van der Waals surface area contributed by atoms with Gasteiger partial charge in [-0.2, -0.15) is 0 Å². The first-order valence-electron chi connectivity index (χ1n) is 4.65. The van der Waals surface area contributed by atoms with Crippen LogP contribution in [-0.4, -0.2) is 40.4 Å². The van der Waals surface area contributed by atoms with E-state index in [0.29, 0.717) is 6.29 Å². The molecule has 1 unspecified atom stereocenters. The lowest BCUT2D eigenvalue weighted by molar-refractivity contribution is -0.142. The quantitative estimate of drug-likeness (QED) is 0.479. The van der Waals surface area contributed by atoms with Crippen LogP contribution in [0.5, 0.6) is 0 Å². The normalized spacial score (nSPS) is 11.5. The summed E-state index contributed by atoms with van der Waals surface area (Å²) in [6.45, 7) is 0. The molecule has 7 nitrogen and oxygen atoms in total. The van der Waals surface area contributed by atoms with E-state index in [4.69, 9.17) is 10.2 Å². The molecular formula is C9H13NO6. The van der Waals surface area contributed by atoms with Crippen LogP contribution >= 0.6 is 0 Å². The Morgan fingerprint density at radius 2 is 1.81 bits per heavy atom. The number of amides is 1. The SMILES string of the molecule is O=CCCC(NC(=O)CCC(=O)O)C(=O)O. The van der Waals surface area contributed by atoms with E-state index < -0.39 is 23.9 Å². The maximum absolute atomic E-state index is 11.1. The predicted molar refractivity (Wildman–Crippen MR) is 51.7 cm³/mol. The molecule has 0 spiro atoms. The van der Waals surface area contributed by atoms with Crippen LogP contribution < -0.4 is 5.32 Å². The Kier molecular flexibility index (Phi) is 6.50. The van der Waals surface area contributed by atoms with Crippen molar-refractivity contribution in [2.24, 2.45) is 0 Å². The zero-order valence-electron chi connectivity index (χ0n) is 8.51. The lowest BCUT2D eigenvalue weighted by Crippen LogP contribution is -2.40. The molecule has 0 saturated carbocycles. The smallest absolute Gasteiger partial charge is 0.326 e. The Labute approximate surface area is 91.4 Å². The minimum absolute atomic E-state index is 0.00234. The third-order valence-electron chi connectivity index (χ3n) is 1.77. The molecule has 0 rings (SSSR count). The van der Waals surface area contributed by atoms with Crippen molar-refractivity contribution in [2.45, 2.75) is 31.7 Å². The first-order valence-corrected chi connectivity index (χ1v) is 4.65. The van der Waals surface area contributed by atoms with E-state index in [1.165, 1.54) is 0 Å². The summed E-state index contributed by atoms with van der Waals surface area (Å²) in [5, 5.41) is 19.1. The number of rotatable bonds is 8. The van der Waals surface area contributed by atoms with Gasteiger partial charge in [-0.15, -0.1) is 0 Å². The largest absolute Gasteiger partial charge is 0.481 e. The summed E-state index contributed by atoms with van der Waals surface area (Å²) in [6.07, 6.45) is -0.0563. The Morgan fingerprint density at radius 3 is 2.25 bits per heavy atom. The van der Waals surface area contributed by atoms with E-state index in [2.05, 4.69) is 5.32 Å². The van der Waals surface area contributed by atoms with Gasteiger partial charge in [0.2, 0.25) is 5.91 Å². The average Bonchev–Trinajstić information content (AvgIpc) is 2.20. The molecule has 0 heterocycles. The summed E-state index contributed by atoms with van der Waals surface area (Å²) >= 11 is 0. The molecule has 0 fully saturated rings. The van der Waals surface area contributed by atoms with Crippen molar-refractivity contribution in [3.05, 3.63) is 0 Å². The van der Waals surface area contributed by atoms with Crippen molar-refractivity contribution >= 4 is 24.1 Å². The molecule has 0 aromatic carbocycles. The van der Waals surface area contributed by atoms with Crippen molar-refractivity contribution in [1.29, 1.82) is 0 Å². The third kappa shape index (κ3) is 6.52. The molecule has 3 N–H and O–H groups in total. The average molecular weight is 231 g/mol. The molecule has 0 aromatic rings. The third-order valence-corrected chi connectivity index (χ3v) is 1.77. The number of carboxylic acids is 2. The number of carboxylic acid groups (broad SMARTS) is 2. The summed E-state index contributed by atoms with van der Waals surface area (Å²) in [7, 11) is 0. The topological polar surface area (TPSA) is 121 Å². The van der Waals surface area contributed by atoms with E-state index in [0.717, 1.165) is 0 Å². The van der Waals surface area contributed by atoms with E-state index in [9.17, 15) is 19.2 Å². The highest BCUT2D eigenvalue weighted by molar-refractivity contribution is 5.85. The van der Waals surface area contributed by atoms with Gasteiger partial charge in [0, 0.05) is 12.8 Å². The lowest BCUT2D eigenvalue weighted by Gasteiger charge is -2.12.